The molecule has 112 valence electrons. The predicted octanol–water partition coefficient (Wildman–Crippen LogP) is 3.37. The van der Waals surface area contributed by atoms with E-state index in [0.29, 0.717) is 0 Å². The molecule has 0 N–H and O–H groups in total. The van der Waals surface area contributed by atoms with Crippen LogP contribution in [0.3, 0.4) is 0 Å². The summed E-state index contributed by atoms with van der Waals surface area (Å²) in [6, 6.07) is 11.8. The van der Waals surface area contributed by atoms with Gasteiger partial charge in [0.2, 0.25) is 0 Å². The predicted molar refractivity (Wildman–Crippen MR) is 82.9 cm³/mol. The van der Waals surface area contributed by atoms with Crippen LogP contribution in [0, 0.1) is 6.92 Å². The van der Waals surface area contributed by atoms with Crippen LogP contribution in [0.2, 0.25) is 0 Å². The van der Waals surface area contributed by atoms with Gasteiger partial charge in [0.15, 0.2) is 0 Å². The van der Waals surface area contributed by atoms with Crippen molar-refractivity contribution in [1.29, 1.82) is 0 Å². The molecule has 0 amide bonds. The second-order valence-corrected chi connectivity index (χ2v) is 5.75. The Balaban J connectivity index is 2.15. The molecule has 0 bridgehead atoms. The van der Waals surface area contributed by atoms with Crippen LogP contribution >= 0.6 is 0 Å². The number of carbonyl (C=O) groups is 2. The molecule has 4 heteroatoms. The van der Waals surface area contributed by atoms with Gasteiger partial charge >= 0.3 is 11.9 Å². The monoisotopic (exact) mass is 296 g/mol. The highest BCUT2D eigenvalue weighted by atomic mass is 16.7. The first-order chi connectivity index (χ1) is 10.4. The van der Waals surface area contributed by atoms with Gasteiger partial charge in [0.05, 0.1) is 0 Å². The third-order valence-corrected chi connectivity index (χ3v) is 3.59. The Morgan fingerprint density at radius 3 is 2.27 bits per heavy atom. The standard InChI is InChI=1S/C18H16O4/c1-11-8-9-12-6-4-5-7-13(12)14(11)10-15-16(19)21-18(2,3)22-17(15)20/h4-10H,1-3H3. The number of aryl methyl sites for hydroxylation is 1. The van der Waals surface area contributed by atoms with Crippen LogP contribution in [-0.4, -0.2) is 17.7 Å². The van der Waals surface area contributed by atoms with Gasteiger partial charge in [-0.05, 0) is 34.9 Å². The lowest BCUT2D eigenvalue weighted by atomic mass is 9.97. The smallest absolute Gasteiger partial charge is 0.348 e. The largest absolute Gasteiger partial charge is 0.419 e. The van der Waals surface area contributed by atoms with Crippen molar-refractivity contribution in [2.45, 2.75) is 26.6 Å². The summed E-state index contributed by atoms with van der Waals surface area (Å²) in [4.78, 5) is 24.2. The quantitative estimate of drug-likeness (QED) is 0.460. The van der Waals surface area contributed by atoms with E-state index in [1.165, 1.54) is 13.8 Å². The minimum Gasteiger partial charge on any atom is -0.419 e. The summed E-state index contributed by atoms with van der Waals surface area (Å²) in [5.74, 6) is -2.54. The van der Waals surface area contributed by atoms with Gasteiger partial charge < -0.3 is 9.47 Å². The Hall–Kier alpha value is -2.62. The van der Waals surface area contributed by atoms with E-state index >= 15 is 0 Å². The minimum absolute atomic E-state index is 0.0845. The van der Waals surface area contributed by atoms with Crippen LogP contribution < -0.4 is 0 Å². The molecule has 0 aliphatic carbocycles. The van der Waals surface area contributed by atoms with Gasteiger partial charge in [-0.3, -0.25) is 0 Å². The average molecular weight is 296 g/mol. The topological polar surface area (TPSA) is 52.6 Å². The molecule has 4 nitrogen and oxygen atoms in total. The first-order valence-corrected chi connectivity index (χ1v) is 7.04. The maximum atomic E-state index is 12.1. The Bertz CT molecular complexity index is 793. The Kier molecular flexibility index (Phi) is 3.24. The number of fused-ring (bicyclic) bond motifs is 1. The van der Waals surface area contributed by atoms with Gasteiger partial charge in [-0.2, -0.15) is 0 Å². The maximum absolute atomic E-state index is 12.1. The molecule has 1 heterocycles. The van der Waals surface area contributed by atoms with E-state index in [1.807, 2.05) is 43.3 Å². The SMILES string of the molecule is Cc1ccc2ccccc2c1C=C1C(=O)OC(C)(C)OC1=O. The molecule has 0 spiro atoms. The van der Waals surface area contributed by atoms with Gasteiger partial charge in [0.1, 0.15) is 5.57 Å². The van der Waals surface area contributed by atoms with E-state index in [0.717, 1.165) is 21.9 Å². The summed E-state index contributed by atoms with van der Waals surface area (Å²) >= 11 is 0. The zero-order chi connectivity index (χ0) is 15.9. The molecule has 1 fully saturated rings. The third kappa shape index (κ3) is 2.48. The van der Waals surface area contributed by atoms with Crippen molar-refractivity contribution in [3.63, 3.8) is 0 Å². The van der Waals surface area contributed by atoms with Gasteiger partial charge in [0.25, 0.3) is 5.79 Å². The first kappa shape index (κ1) is 14.3. The van der Waals surface area contributed by atoms with Crippen molar-refractivity contribution in [1.82, 2.24) is 0 Å². The molecule has 0 saturated carbocycles. The minimum atomic E-state index is -1.22. The van der Waals surface area contributed by atoms with E-state index in [-0.39, 0.29) is 5.57 Å². The van der Waals surface area contributed by atoms with Crippen molar-refractivity contribution in [2.24, 2.45) is 0 Å². The van der Waals surface area contributed by atoms with Crippen LogP contribution in [0.1, 0.15) is 25.0 Å². The van der Waals surface area contributed by atoms with Crippen molar-refractivity contribution in [2.75, 3.05) is 0 Å². The number of hydrogen-bond acceptors (Lipinski definition) is 4. The maximum Gasteiger partial charge on any atom is 0.348 e. The Morgan fingerprint density at radius 1 is 0.955 bits per heavy atom. The lowest BCUT2D eigenvalue weighted by Crippen LogP contribution is -2.41. The highest BCUT2D eigenvalue weighted by Crippen LogP contribution is 2.28. The molecular formula is C18H16O4. The van der Waals surface area contributed by atoms with Crippen molar-refractivity contribution < 1.29 is 19.1 Å². The number of carbonyl (C=O) groups excluding carboxylic acids is 2. The molecule has 0 atom stereocenters. The van der Waals surface area contributed by atoms with Gasteiger partial charge in [0, 0.05) is 13.8 Å². The molecular weight excluding hydrogens is 280 g/mol. The number of ether oxygens (including phenoxy) is 2. The van der Waals surface area contributed by atoms with E-state index in [1.54, 1.807) is 6.08 Å². The number of rotatable bonds is 1. The van der Waals surface area contributed by atoms with Crippen molar-refractivity contribution in [3.05, 3.63) is 53.1 Å². The fourth-order valence-corrected chi connectivity index (χ4v) is 2.52. The Morgan fingerprint density at radius 2 is 1.59 bits per heavy atom. The highest BCUT2D eigenvalue weighted by molar-refractivity contribution is 6.19. The molecule has 0 aromatic heterocycles. The van der Waals surface area contributed by atoms with E-state index in [4.69, 9.17) is 9.47 Å². The molecule has 3 rings (SSSR count). The fraction of sp³-hybridized carbons (Fsp3) is 0.222. The summed E-state index contributed by atoms with van der Waals surface area (Å²) in [5.41, 5.74) is 1.71. The first-order valence-electron chi connectivity index (χ1n) is 7.04. The summed E-state index contributed by atoms with van der Waals surface area (Å²) in [7, 11) is 0. The van der Waals surface area contributed by atoms with Gasteiger partial charge in [-0.1, -0.05) is 36.4 Å². The van der Waals surface area contributed by atoms with Crippen LogP contribution in [0.25, 0.3) is 16.8 Å². The van der Waals surface area contributed by atoms with Crippen molar-refractivity contribution >= 4 is 28.8 Å². The molecule has 0 unspecified atom stereocenters. The average Bonchev–Trinajstić information content (AvgIpc) is 2.43. The molecule has 1 aliphatic heterocycles. The summed E-state index contributed by atoms with van der Waals surface area (Å²) in [6.07, 6.45) is 1.55. The number of esters is 2. The molecule has 1 saturated heterocycles. The molecule has 2 aromatic carbocycles. The zero-order valence-electron chi connectivity index (χ0n) is 12.7. The Labute approximate surface area is 128 Å². The van der Waals surface area contributed by atoms with E-state index < -0.39 is 17.7 Å². The molecule has 0 radical (unpaired) electrons. The van der Waals surface area contributed by atoms with Crippen LogP contribution in [0.4, 0.5) is 0 Å². The van der Waals surface area contributed by atoms with Gasteiger partial charge in [-0.25, -0.2) is 9.59 Å². The second kappa shape index (κ2) is 4.98. The summed E-state index contributed by atoms with van der Waals surface area (Å²) < 4.78 is 10.3. The van der Waals surface area contributed by atoms with Gasteiger partial charge in [-0.15, -0.1) is 0 Å². The molecule has 1 aliphatic rings. The van der Waals surface area contributed by atoms with Crippen molar-refractivity contribution in [3.8, 4) is 0 Å². The van der Waals surface area contributed by atoms with Crippen LogP contribution in [0.15, 0.2) is 42.0 Å². The number of hydrogen-bond donors (Lipinski definition) is 0. The second-order valence-electron chi connectivity index (χ2n) is 5.75. The fourth-order valence-electron chi connectivity index (χ4n) is 2.52. The zero-order valence-corrected chi connectivity index (χ0v) is 12.7. The lowest BCUT2D eigenvalue weighted by Gasteiger charge is -2.29. The molecule has 22 heavy (non-hydrogen) atoms. The van der Waals surface area contributed by atoms with Crippen LogP contribution in [-0.2, 0) is 19.1 Å². The lowest BCUT2D eigenvalue weighted by molar-refractivity contribution is -0.222. The summed E-state index contributed by atoms with van der Waals surface area (Å²) in [5, 5.41) is 2.01. The van der Waals surface area contributed by atoms with Crippen LogP contribution in [0.5, 0.6) is 0 Å². The van der Waals surface area contributed by atoms with E-state index in [9.17, 15) is 9.59 Å². The molecule has 2 aromatic rings. The number of cyclic esters (lactones) is 2. The third-order valence-electron chi connectivity index (χ3n) is 3.59. The highest BCUT2D eigenvalue weighted by Gasteiger charge is 2.38. The normalized spacial score (nSPS) is 17.1. The van der Waals surface area contributed by atoms with E-state index in [2.05, 4.69) is 0 Å². The summed E-state index contributed by atoms with van der Waals surface area (Å²) in [6.45, 7) is 4.99. The number of benzene rings is 2.